The van der Waals surface area contributed by atoms with Crippen LogP contribution in [-0.2, 0) is 0 Å². The van der Waals surface area contributed by atoms with E-state index >= 15 is 0 Å². The van der Waals surface area contributed by atoms with Gasteiger partial charge in [-0.3, -0.25) is 5.10 Å². The molecule has 0 aliphatic rings. The van der Waals surface area contributed by atoms with Crippen molar-refractivity contribution in [2.75, 3.05) is 0 Å². The summed E-state index contributed by atoms with van der Waals surface area (Å²) < 4.78 is 1.37. The maximum Gasteiger partial charge on any atom is 0.0650 e. The lowest BCUT2D eigenvalue weighted by molar-refractivity contribution is 1.12. The summed E-state index contributed by atoms with van der Waals surface area (Å²) in [5.41, 5.74) is 1.09. The van der Waals surface area contributed by atoms with Crippen LogP contribution < -0.4 is 0 Å². The molecule has 4 aromatic rings. The SMILES string of the molecule is c1ccc2[nH]ncc2c1.c1ccc2sccc2c1. The molecule has 1 N–H and O–H groups in total. The molecule has 2 aromatic heterocycles. The summed E-state index contributed by atoms with van der Waals surface area (Å²) in [5.74, 6) is 0. The molecule has 3 heteroatoms. The molecule has 0 aliphatic heterocycles. The average Bonchev–Trinajstić information content (AvgIpc) is 3.08. The Bertz CT molecular complexity index is 628. The number of thiophene rings is 1. The molecule has 0 aliphatic carbocycles. The Labute approximate surface area is 109 Å². The van der Waals surface area contributed by atoms with E-state index in [9.17, 15) is 0 Å². The Balaban J connectivity index is 0.000000111. The molecule has 0 saturated heterocycles. The van der Waals surface area contributed by atoms with Gasteiger partial charge in [0.05, 0.1) is 11.7 Å². The number of hydrogen-bond acceptors (Lipinski definition) is 2. The third kappa shape index (κ3) is 2.26. The van der Waals surface area contributed by atoms with Gasteiger partial charge in [0.1, 0.15) is 0 Å². The Morgan fingerprint density at radius 1 is 0.833 bits per heavy atom. The van der Waals surface area contributed by atoms with Crippen molar-refractivity contribution in [3.05, 3.63) is 66.2 Å². The lowest BCUT2D eigenvalue weighted by atomic mass is 10.3. The van der Waals surface area contributed by atoms with Crippen LogP contribution in [0.2, 0.25) is 0 Å². The fraction of sp³-hybridized carbons (Fsp3) is 0. The van der Waals surface area contributed by atoms with E-state index in [1.165, 1.54) is 10.1 Å². The summed E-state index contributed by atoms with van der Waals surface area (Å²) in [6.45, 7) is 0. The van der Waals surface area contributed by atoms with Crippen LogP contribution in [0.5, 0.6) is 0 Å². The average molecular weight is 252 g/mol. The van der Waals surface area contributed by atoms with Crippen LogP contribution in [0.4, 0.5) is 0 Å². The van der Waals surface area contributed by atoms with Crippen molar-refractivity contribution >= 4 is 32.3 Å². The number of H-pyrrole nitrogens is 1. The summed E-state index contributed by atoms with van der Waals surface area (Å²) in [5, 5.41) is 11.4. The summed E-state index contributed by atoms with van der Waals surface area (Å²) >= 11 is 1.79. The monoisotopic (exact) mass is 252 g/mol. The van der Waals surface area contributed by atoms with E-state index in [2.05, 4.69) is 45.9 Å². The van der Waals surface area contributed by atoms with Crippen LogP contribution in [0, 0.1) is 0 Å². The zero-order chi connectivity index (χ0) is 12.2. The third-order valence-corrected chi connectivity index (χ3v) is 3.61. The molecule has 2 nitrogen and oxygen atoms in total. The van der Waals surface area contributed by atoms with E-state index in [4.69, 9.17) is 0 Å². The number of aromatic nitrogens is 2. The van der Waals surface area contributed by atoms with E-state index in [1.54, 1.807) is 11.3 Å². The summed E-state index contributed by atoms with van der Waals surface area (Å²) in [6.07, 6.45) is 1.81. The summed E-state index contributed by atoms with van der Waals surface area (Å²) in [4.78, 5) is 0. The highest BCUT2D eigenvalue weighted by Gasteiger charge is 1.88. The van der Waals surface area contributed by atoms with Crippen molar-refractivity contribution < 1.29 is 0 Å². The first-order valence-corrected chi connectivity index (χ1v) is 6.62. The second kappa shape index (κ2) is 5.02. The van der Waals surface area contributed by atoms with E-state index in [-0.39, 0.29) is 0 Å². The van der Waals surface area contributed by atoms with Gasteiger partial charge in [-0.15, -0.1) is 11.3 Å². The first-order chi connectivity index (χ1) is 8.93. The number of nitrogens with zero attached hydrogens (tertiary/aromatic N) is 1. The second-order valence-corrected chi connectivity index (χ2v) is 4.86. The molecular formula is C15H12N2S. The first kappa shape index (κ1) is 11.0. The highest BCUT2D eigenvalue weighted by atomic mass is 32.1. The molecule has 88 valence electrons. The lowest BCUT2D eigenvalue weighted by Crippen LogP contribution is -1.63. The number of hydrogen-bond donors (Lipinski definition) is 1. The number of nitrogens with one attached hydrogen (secondary N) is 1. The zero-order valence-corrected chi connectivity index (χ0v) is 10.5. The molecular weight excluding hydrogens is 240 g/mol. The van der Waals surface area contributed by atoms with Gasteiger partial charge in [0, 0.05) is 10.1 Å². The Kier molecular flexibility index (Phi) is 3.07. The molecule has 0 amide bonds. The molecule has 4 rings (SSSR count). The number of aromatic amines is 1. The van der Waals surface area contributed by atoms with Crippen LogP contribution in [0.3, 0.4) is 0 Å². The van der Waals surface area contributed by atoms with Crippen LogP contribution in [0.15, 0.2) is 66.2 Å². The smallest absolute Gasteiger partial charge is 0.0650 e. The number of rotatable bonds is 0. The van der Waals surface area contributed by atoms with Crippen LogP contribution in [0.25, 0.3) is 21.0 Å². The van der Waals surface area contributed by atoms with Crippen molar-refractivity contribution in [3.63, 3.8) is 0 Å². The third-order valence-electron chi connectivity index (χ3n) is 2.71. The fourth-order valence-electron chi connectivity index (χ4n) is 1.79. The van der Waals surface area contributed by atoms with Gasteiger partial charge in [-0.2, -0.15) is 5.10 Å². The zero-order valence-electron chi connectivity index (χ0n) is 9.71. The summed E-state index contributed by atoms with van der Waals surface area (Å²) in [7, 11) is 0. The van der Waals surface area contributed by atoms with E-state index in [1.807, 2.05) is 30.5 Å². The molecule has 0 unspecified atom stereocenters. The quantitative estimate of drug-likeness (QED) is 0.491. The van der Waals surface area contributed by atoms with Crippen molar-refractivity contribution in [1.29, 1.82) is 0 Å². The first-order valence-electron chi connectivity index (χ1n) is 5.74. The topological polar surface area (TPSA) is 28.7 Å². The maximum absolute atomic E-state index is 3.88. The van der Waals surface area contributed by atoms with Gasteiger partial charge in [0.2, 0.25) is 0 Å². The normalized spacial score (nSPS) is 10.2. The van der Waals surface area contributed by atoms with Gasteiger partial charge in [-0.1, -0.05) is 36.4 Å². The lowest BCUT2D eigenvalue weighted by Gasteiger charge is -1.82. The van der Waals surface area contributed by atoms with Gasteiger partial charge in [-0.25, -0.2) is 0 Å². The second-order valence-electron chi connectivity index (χ2n) is 3.92. The molecule has 2 heterocycles. The molecule has 0 atom stereocenters. The van der Waals surface area contributed by atoms with E-state index in [0.29, 0.717) is 0 Å². The standard InChI is InChI=1S/C8H6S.C7H6N2/c1-2-4-8-7(3-1)5-6-9-8;1-2-4-7-6(3-1)5-8-9-7/h1-6H;1-5H,(H,8,9). The van der Waals surface area contributed by atoms with Crippen molar-refractivity contribution in [2.45, 2.75) is 0 Å². The molecule has 0 radical (unpaired) electrons. The predicted octanol–water partition coefficient (Wildman–Crippen LogP) is 4.46. The Hall–Kier alpha value is -2.13. The highest BCUT2D eigenvalue weighted by Crippen LogP contribution is 2.18. The molecule has 0 bridgehead atoms. The van der Waals surface area contributed by atoms with Gasteiger partial charge < -0.3 is 0 Å². The van der Waals surface area contributed by atoms with Gasteiger partial charge in [-0.05, 0) is 29.0 Å². The van der Waals surface area contributed by atoms with Crippen LogP contribution >= 0.6 is 11.3 Å². The Morgan fingerprint density at radius 3 is 2.44 bits per heavy atom. The van der Waals surface area contributed by atoms with Crippen molar-refractivity contribution in [2.24, 2.45) is 0 Å². The predicted molar refractivity (Wildman–Crippen MR) is 77.9 cm³/mol. The molecule has 0 fully saturated rings. The molecule has 2 aromatic carbocycles. The maximum atomic E-state index is 3.88. The molecule has 0 spiro atoms. The van der Waals surface area contributed by atoms with E-state index < -0.39 is 0 Å². The summed E-state index contributed by atoms with van der Waals surface area (Å²) in [6, 6.07) is 18.6. The Morgan fingerprint density at radius 2 is 1.61 bits per heavy atom. The number of para-hydroxylation sites is 1. The molecule has 0 saturated carbocycles. The van der Waals surface area contributed by atoms with Crippen molar-refractivity contribution in [3.8, 4) is 0 Å². The highest BCUT2D eigenvalue weighted by molar-refractivity contribution is 7.17. The number of fused-ring (bicyclic) bond motifs is 2. The van der Waals surface area contributed by atoms with Crippen molar-refractivity contribution in [1.82, 2.24) is 10.2 Å². The van der Waals surface area contributed by atoms with Gasteiger partial charge in [0.25, 0.3) is 0 Å². The van der Waals surface area contributed by atoms with Crippen LogP contribution in [0.1, 0.15) is 0 Å². The largest absolute Gasteiger partial charge is 0.278 e. The van der Waals surface area contributed by atoms with Gasteiger partial charge in [0.15, 0.2) is 0 Å². The van der Waals surface area contributed by atoms with E-state index in [0.717, 1.165) is 10.9 Å². The minimum absolute atomic E-state index is 1.09. The van der Waals surface area contributed by atoms with Crippen LogP contribution in [-0.4, -0.2) is 10.2 Å². The van der Waals surface area contributed by atoms with Gasteiger partial charge >= 0.3 is 0 Å². The number of benzene rings is 2. The fourth-order valence-corrected chi connectivity index (χ4v) is 2.58. The molecule has 18 heavy (non-hydrogen) atoms. The minimum atomic E-state index is 1.09. The minimum Gasteiger partial charge on any atom is -0.278 e.